The Morgan fingerprint density at radius 3 is 2.72 bits per heavy atom. The molecule has 0 radical (unpaired) electrons. The average Bonchev–Trinajstić information content (AvgIpc) is 2.78. The molecule has 0 aliphatic rings. The Bertz CT molecular complexity index is 397. The van der Waals surface area contributed by atoms with E-state index in [1.807, 2.05) is 5.32 Å². The van der Waals surface area contributed by atoms with E-state index >= 15 is 0 Å². The van der Waals surface area contributed by atoms with Crippen LogP contribution in [-0.2, 0) is 11.2 Å². The number of carbonyl (C=O) groups is 2. The van der Waals surface area contributed by atoms with Gasteiger partial charge in [-0.1, -0.05) is 0 Å². The Hall–Kier alpha value is -2.19. The SMILES string of the molecule is O=C(NCC(F)F)N[C@H](Cc1cnc[nH]1)C(=O)O. The lowest BCUT2D eigenvalue weighted by atomic mass is 10.2. The van der Waals surface area contributed by atoms with Crippen LogP contribution in [-0.4, -0.2) is 46.1 Å². The predicted octanol–water partition coefficient (Wildman–Crippen LogP) is -0.0303. The van der Waals surface area contributed by atoms with Crippen LogP contribution in [0.1, 0.15) is 5.69 Å². The molecule has 9 heteroatoms. The van der Waals surface area contributed by atoms with Crippen LogP contribution in [0.2, 0.25) is 0 Å². The van der Waals surface area contributed by atoms with Crippen LogP contribution in [0, 0.1) is 0 Å². The molecule has 2 amide bonds. The van der Waals surface area contributed by atoms with Gasteiger partial charge in [-0.25, -0.2) is 23.4 Å². The maximum absolute atomic E-state index is 11.8. The van der Waals surface area contributed by atoms with Crippen LogP contribution in [0.25, 0.3) is 0 Å². The summed E-state index contributed by atoms with van der Waals surface area (Å²) < 4.78 is 23.6. The lowest BCUT2D eigenvalue weighted by molar-refractivity contribution is -0.139. The van der Waals surface area contributed by atoms with Crippen molar-refractivity contribution >= 4 is 12.0 Å². The van der Waals surface area contributed by atoms with Gasteiger partial charge in [0.2, 0.25) is 0 Å². The minimum Gasteiger partial charge on any atom is -0.480 e. The number of hydrogen-bond donors (Lipinski definition) is 4. The molecule has 0 aliphatic carbocycles. The molecule has 1 atom stereocenters. The Balaban J connectivity index is 2.48. The number of nitrogens with zero attached hydrogens (tertiary/aromatic N) is 1. The van der Waals surface area contributed by atoms with Gasteiger partial charge in [-0.2, -0.15) is 0 Å². The first-order valence-electron chi connectivity index (χ1n) is 5.01. The van der Waals surface area contributed by atoms with Crippen molar-refractivity contribution in [1.29, 1.82) is 0 Å². The van der Waals surface area contributed by atoms with Crippen molar-refractivity contribution < 1.29 is 23.5 Å². The zero-order valence-corrected chi connectivity index (χ0v) is 9.19. The Kier molecular flexibility index (Phi) is 5.03. The molecule has 1 rings (SSSR count). The number of rotatable bonds is 6. The van der Waals surface area contributed by atoms with Crippen molar-refractivity contribution in [3.8, 4) is 0 Å². The van der Waals surface area contributed by atoms with Gasteiger partial charge in [-0.15, -0.1) is 0 Å². The number of halogens is 2. The molecule has 1 heterocycles. The van der Waals surface area contributed by atoms with Gasteiger partial charge in [0.05, 0.1) is 12.9 Å². The quantitative estimate of drug-likeness (QED) is 0.577. The van der Waals surface area contributed by atoms with Gasteiger partial charge in [0, 0.05) is 18.3 Å². The molecule has 4 N–H and O–H groups in total. The number of carboxylic acid groups (broad SMARTS) is 1. The highest BCUT2D eigenvalue weighted by atomic mass is 19.3. The number of imidazole rings is 1. The highest BCUT2D eigenvalue weighted by Crippen LogP contribution is 1.99. The second-order valence-corrected chi connectivity index (χ2v) is 3.42. The summed E-state index contributed by atoms with van der Waals surface area (Å²) in [6, 6.07) is -2.18. The Morgan fingerprint density at radius 1 is 1.50 bits per heavy atom. The molecule has 100 valence electrons. The summed E-state index contributed by atoms with van der Waals surface area (Å²) in [5.74, 6) is -1.27. The standard InChI is InChI=1S/C9H12F2N4O3/c10-7(11)3-13-9(18)15-6(8(16)17)1-5-2-12-4-14-5/h2,4,6-7H,1,3H2,(H,12,14)(H,16,17)(H2,13,15,18)/t6-/m1/s1. The first-order chi connectivity index (χ1) is 8.49. The number of alkyl halides is 2. The number of aromatic amines is 1. The molecule has 1 aromatic heterocycles. The Morgan fingerprint density at radius 2 is 2.22 bits per heavy atom. The number of H-pyrrole nitrogens is 1. The zero-order chi connectivity index (χ0) is 13.5. The second kappa shape index (κ2) is 6.52. The summed E-state index contributed by atoms with van der Waals surface area (Å²) >= 11 is 0. The van der Waals surface area contributed by atoms with Crippen LogP contribution >= 0.6 is 0 Å². The van der Waals surface area contributed by atoms with Gasteiger partial charge in [-0.05, 0) is 0 Å². The molecular formula is C9H12F2N4O3. The average molecular weight is 262 g/mol. The van der Waals surface area contributed by atoms with E-state index in [1.54, 1.807) is 0 Å². The van der Waals surface area contributed by atoms with E-state index in [0.717, 1.165) is 0 Å². The van der Waals surface area contributed by atoms with E-state index < -0.39 is 31.0 Å². The number of carbonyl (C=O) groups excluding carboxylic acids is 1. The number of nitrogens with one attached hydrogen (secondary N) is 3. The topological polar surface area (TPSA) is 107 Å². The molecule has 0 unspecified atom stereocenters. The predicted molar refractivity (Wildman–Crippen MR) is 56.3 cm³/mol. The van der Waals surface area contributed by atoms with Gasteiger partial charge < -0.3 is 20.7 Å². The van der Waals surface area contributed by atoms with E-state index in [0.29, 0.717) is 5.69 Å². The summed E-state index contributed by atoms with van der Waals surface area (Å²) in [5.41, 5.74) is 0.511. The third-order valence-electron chi connectivity index (χ3n) is 2.00. The fourth-order valence-corrected chi connectivity index (χ4v) is 1.20. The number of amides is 2. The van der Waals surface area contributed by atoms with E-state index in [9.17, 15) is 18.4 Å². The molecule has 0 fully saturated rings. The molecular weight excluding hydrogens is 250 g/mol. The lowest BCUT2D eigenvalue weighted by Gasteiger charge is -2.14. The number of aromatic nitrogens is 2. The summed E-state index contributed by atoms with van der Waals surface area (Å²) in [5, 5.41) is 12.8. The molecule has 0 saturated heterocycles. The number of urea groups is 1. The molecule has 0 aromatic carbocycles. The van der Waals surface area contributed by atoms with Crippen LogP contribution in [0.3, 0.4) is 0 Å². The second-order valence-electron chi connectivity index (χ2n) is 3.42. The van der Waals surface area contributed by atoms with Crippen molar-refractivity contribution in [2.45, 2.75) is 18.9 Å². The smallest absolute Gasteiger partial charge is 0.326 e. The van der Waals surface area contributed by atoms with Crippen molar-refractivity contribution in [2.24, 2.45) is 0 Å². The number of carboxylic acids is 1. The fourth-order valence-electron chi connectivity index (χ4n) is 1.20. The van der Waals surface area contributed by atoms with Gasteiger partial charge in [0.15, 0.2) is 0 Å². The van der Waals surface area contributed by atoms with Gasteiger partial charge in [0.25, 0.3) is 6.43 Å². The summed E-state index contributed by atoms with van der Waals surface area (Å²) in [7, 11) is 0. The van der Waals surface area contributed by atoms with E-state index in [1.165, 1.54) is 12.5 Å². The van der Waals surface area contributed by atoms with Gasteiger partial charge in [-0.3, -0.25) is 0 Å². The fraction of sp³-hybridized carbons (Fsp3) is 0.444. The van der Waals surface area contributed by atoms with Gasteiger partial charge >= 0.3 is 12.0 Å². The number of aliphatic carboxylic acids is 1. The Labute approximate surface area is 101 Å². The molecule has 18 heavy (non-hydrogen) atoms. The van der Waals surface area contributed by atoms with E-state index in [-0.39, 0.29) is 6.42 Å². The maximum atomic E-state index is 11.8. The summed E-state index contributed by atoms with van der Waals surface area (Å²) in [6.45, 7) is -0.831. The van der Waals surface area contributed by atoms with Crippen molar-refractivity contribution in [3.05, 3.63) is 18.2 Å². The number of hydrogen-bond acceptors (Lipinski definition) is 3. The molecule has 0 spiro atoms. The third kappa shape index (κ3) is 4.76. The largest absolute Gasteiger partial charge is 0.480 e. The normalized spacial score (nSPS) is 12.2. The molecule has 7 nitrogen and oxygen atoms in total. The molecule has 0 saturated carbocycles. The van der Waals surface area contributed by atoms with Crippen LogP contribution in [0.5, 0.6) is 0 Å². The van der Waals surface area contributed by atoms with Crippen LogP contribution in [0.4, 0.5) is 13.6 Å². The summed E-state index contributed by atoms with van der Waals surface area (Å²) in [6.07, 6.45) is 0.0728. The third-order valence-corrected chi connectivity index (χ3v) is 2.00. The first kappa shape index (κ1) is 13.9. The first-order valence-corrected chi connectivity index (χ1v) is 5.01. The minimum atomic E-state index is -2.69. The van der Waals surface area contributed by atoms with Gasteiger partial charge in [0.1, 0.15) is 6.04 Å². The molecule has 0 bridgehead atoms. The maximum Gasteiger partial charge on any atom is 0.326 e. The van der Waals surface area contributed by atoms with Crippen LogP contribution < -0.4 is 10.6 Å². The zero-order valence-electron chi connectivity index (χ0n) is 9.19. The highest BCUT2D eigenvalue weighted by Gasteiger charge is 2.21. The summed E-state index contributed by atoms with van der Waals surface area (Å²) in [4.78, 5) is 28.4. The van der Waals surface area contributed by atoms with Crippen molar-refractivity contribution in [1.82, 2.24) is 20.6 Å². The lowest BCUT2D eigenvalue weighted by Crippen LogP contribution is -2.48. The van der Waals surface area contributed by atoms with Crippen LogP contribution in [0.15, 0.2) is 12.5 Å². The molecule has 1 aromatic rings. The monoisotopic (exact) mass is 262 g/mol. The van der Waals surface area contributed by atoms with Crippen molar-refractivity contribution in [2.75, 3.05) is 6.54 Å². The van der Waals surface area contributed by atoms with E-state index in [2.05, 4.69) is 15.3 Å². The van der Waals surface area contributed by atoms with E-state index in [4.69, 9.17) is 5.11 Å². The minimum absolute atomic E-state index is 0.0164. The highest BCUT2D eigenvalue weighted by molar-refractivity contribution is 5.82. The van der Waals surface area contributed by atoms with Crippen molar-refractivity contribution in [3.63, 3.8) is 0 Å². The molecule has 0 aliphatic heterocycles.